The third-order valence-electron chi connectivity index (χ3n) is 3.81. The summed E-state index contributed by atoms with van der Waals surface area (Å²) in [6, 6.07) is 1.43. The van der Waals surface area contributed by atoms with Gasteiger partial charge in [0, 0.05) is 17.8 Å². The average molecular weight is 412 g/mol. The summed E-state index contributed by atoms with van der Waals surface area (Å²) >= 11 is 0. The van der Waals surface area contributed by atoms with E-state index in [1.54, 1.807) is 0 Å². The molecule has 0 aliphatic heterocycles. The van der Waals surface area contributed by atoms with E-state index in [0.29, 0.717) is 5.69 Å². The van der Waals surface area contributed by atoms with Crippen molar-refractivity contribution in [2.24, 2.45) is 0 Å². The molecule has 0 aliphatic rings. The maximum atomic E-state index is 13.7. The van der Waals surface area contributed by atoms with Crippen LogP contribution in [0, 0.1) is 40.3 Å². The molecule has 0 atom stereocenters. The predicted octanol–water partition coefficient (Wildman–Crippen LogP) is 2.54. The topological polar surface area (TPSA) is 108 Å². The van der Waals surface area contributed by atoms with E-state index >= 15 is 0 Å². The number of anilines is 1. The molecule has 2 heterocycles. The van der Waals surface area contributed by atoms with Gasteiger partial charge in [0.25, 0.3) is 5.91 Å². The number of benzene rings is 1. The summed E-state index contributed by atoms with van der Waals surface area (Å²) in [5.41, 5.74) is -0.273. The van der Waals surface area contributed by atoms with E-state index in [2.05, 4.69) is 15.5 Å². The number of hydrogen-bond acceptors (Lipinski definition) is 5. The van der Waals surface area contributed by atoms with Gasteiger partial charge < -0.3 is 15.4 Å². The Hall–Kier alpha value is -3.77. The minimum atomic E-state index is -1.81. The summed E-state index contributed by atoms with van der Waals surface area (Å²) in [6.07, 6.45) is 2.34. The number of aryl methyl sites for hydroxylation is 1. The lowest BCUT2D eigenvalue weighted by Gasteiger charge is -2.07. The van der Waals surface area contributed by atoms with Crippen LogP contribution in [0.3, 0.4) is 0 Å². The third kappa shape index (κ3) is 4.23. The molecule has 3 rings (SSSR count). The standard InChI is InChI=1S/C16H12F4N6O3/c1-8-2-14(26(28)29)25(23-8)7-13(27)22-9-4-21-24(5-9)6-10-11(17)3-12(18)16(20)15(10)19/h2-5H,6-7H2,1H3,(H,22,27). The van der Waals surface area contributed by atoms with Crippen LogP contribution in [0.4, 0.5) is 29.1 Å². The van der Waals surface area contributed by atoms with Crippen molar-refractivity contribution in [3.63, 3.8) is 0 Å². The van der Waals surface area contributed by atoms with Gasteiger partial charge in [0.05, 0.1) is 30.2 Å². The highest BCUT2D eigenvalue weighted by Crippen LogP contribution is 2.20. The van der Waals surface area contributed by atoms with Crippen LogP contribution >= 0.6 is 0 Å². The molecule has 1 N–H and O–H groups in total. The quantitative estimate of drug-likeness (QED) is 0.220. The average Bonchev–Trinajstić information content (AvgIpc) is 3.23. The van der Waals surface area contributed by atoms with Crippen molar-refractivity contribution in [2.45, 2.75) is 20.0 Å². The van der Waals surface area contributed by atoms with Crippen LogP contribution in [0.5, 0.6) is 0 Å². The second-order valence-electron chi connectivity index (χ2n) is 5.98. The number of amides is 1. The van der Waals surface area contributed by atoms with E-state index in [1.807, 2.05) is 0 Å². The molecule has 1 amide bonds. The summed E-state index contributed by atoms with van der Waals surface area (Å²) in [7, 11) is 0. The molecule has 152 valence electrons. The minimum Gasteiger partial charge on any atom is -0.358 e. The van der Waals surface area contributed by atoms with E-state index in [9.17, 15) is 32.5 Å². The number of aromatic nitrogens is 4. The van der Waals surface area contributed by atoms with Crippen LogP contribution in [0.1, 0.15) is 11.3 Å². The van der Waals surface area contributed by atoms with Crippen molar-refractivity contribution in [2.75, 3.05) is 5.32 Å². The van der Waals surface area contributed by atoms with Crippen LogP contribution < -0.4 is 5.32 Å². The van der Waals surface area contributed by atoms with Crippen LogP contribution in [0.25, 0.3) is 0 Å². The first kappa shape index (κ1) is 20.0. The Morgan fingerprint density at radius 1 is 1.21 bits per heavy atom. The highest BCUT2D eigenvalue weighted by atomic mass is 19.2. The van der Waals surface area contributed by atoms with Gasteiger partial charge in [-0.15, -0.1) is 4.68 Å². The molecule has 0 radical (unpaired) electrons. The zero-order valence-corrected chi connectivity index (χ0v) is 14.7. The number of hydrogen-bond donors (Lipinski definition) is 1. The minimum absolute atomic E-state index is 0.116. The summed E-state index contributed by atoms with van der Waals surface area (Å²) in [5.74, 6) is -7.45. The molecule has 29 heavy (non-hydrogen) atoms. The van der Waals surface area contributed by atoms with Gasteiger partial charge in [0.2, 0.25) is 0 Å². The largest absolute Gasteiger partial charge is 0.358 e. The number of halogens is 4. The second kappa shape index (κ2) is 7.69. The van der Waals surface area contributed by atoms with Crippen LogP contribution in [0.15, 0.2) is 24.5 Å². The van der Waals surface area contributed by atoms with Gasteiger partial charge in [-0.1, -0.05) is 5.10 Å². The molecule has 1 aromatic carbocycles. The van der Waals surface area contributed by atoms with Gasteiger partial charge in [-0.25, -0.2) is 17.6 Å². The van der Waals surface area contributed by atoms with Crippen molar-refractivity contribution in [3.05, 3.63) is 69.2 Å². The lowest BCUT2D eigenvalue weighted by atomic mass is 10.2. The molecule has 0 bridgehead atoms. The van der Waals surface area contributed by atoms with Crippen LogP contribution in [0.2, 0.25) is 0 Å². The van der Waals surface area contributed by atoms with Crippen molar-refractivity contribution in [1.29, 1.82) is 0 Å². The lowest BCUT2D eigenvalue weighted by Crippen LogP contribution is -2.20. The van der Waals surface area contributed by atoms with Gasteiger partial charge >= 0.3 is 5.82 Å². The Kier molecular flexibility index (Phi) is 5.30. The molecule has 13 heteroatoms. The van der Waals surface area contributed by atoms with Crippen molar-refractivity contribution in [1.82, 2.24) is 19.6 Å². The van der Waals surface area contributed by atoms with Crippen molar-refractivity contribution >= 4 is 17.4 Å². The number of nitrogens with zero attached hydrogens (tertiary/aromatic N) is 5. The maximum Gasteiger partial charge on any atom is 0.345 e. The normalized spacial score (nSPS) is 10.9. The lowest BCUT2D eigenvalue weighted by molar-refractivity contribution is -0.392. The number of rotatable bonds is 6. The number of nitro groups is 1. The first-order valence-corrected chi connectivity index (χ1v) is 7.98. The third-order valence-corrected chi connectivity index (χ3v) is 3.81. The fourth-order valence-corrected chi connectivity index (χ4v) is 2.56. The van der Waals surface area contributed by atoms with Crippen LogP contribution in [-0.4, -0.2) is 30.4 Å². The predicted molar refractivity (Wildman–Crippen MR) is 89.9 cm³/mol. The molecule has 0 unspecified atom stereocenters. The molecule has 0 fully saturated rings. The first-order valence-electron chi connectivity index (χ1n) is 7.98. The molecular formula is C16H12F4N6O3. The first-order chi connectivity index (χ1) is 13.7. The Labute approximate surface area is 159 Å². The molecular weight excluding hydrogens is 400 g/mol. The smallest absolute Gasteiger partial charge is 0.345 e. The Bertz CT molecular complexity index is 1110. The number of nitrogens with one attached hydrogen (secondary N) is 1. The zero-order valence-electron chi connectivity index (χ0n) is 14.7. The summed E-state index contributed by atoms with van der Waals surface area (Å²) < 4.78 is 55.6. The van der Waals surface area contributed by atoms with E-state index in [-0.39, 0.29) is 17.6 Å². The van der Waals surface area contributed by atoms with E-state index < -0.39 is 52.8 Å². The molecule has 2 aromatic heterocycles. The molecule has 0 aliphatic carbocycles. The maximum absolute atomic E-state index is 13.7. The highest BCUT2D eigenvalue weighted by molar-refractivity contribution is 5.90. The Balaban J connectivity index is 1.71. The fourth-order valence-electron chi connectivity index (χ4n) is 2.56. The monoisotopic (exact) mass is 412 g/mol. The SMILES string of the molecule is Cc1cc([N+](=O)[O-])n(CC(=O)Nc2cnn(Cc3c(F)cc(F)c(F)c3F)c2)n1. The van der Waals surface area contributed by atoms with E-state index in [1.165, 1.54) is 19.2 Å². The summed E-state index contributed by atoms with van der Waals surface area (Å²) in [6.45, 7) is 0.512. The van der Waals surface area contributed by atoms with Crippen molar-refractivity contribution < 1.29 is 27.3 Å². The second-order valence-corrected chi connectivity index (χ2v) is 5.98. The molecule has 0 spiro atoms. The van der Waals surface area contributed by atoms with Gasteiger partial charge in [0.1, 0.15) is 5.82 Å². The molecule has 3 aromatic rings. The van der Waals surface area contributed by atoms with Gasteiger partial charge in [-0.2, -0.15) is 5.10 Å². The Morgan fingerprint density at radius 2 is 1.93 bits per heavy atom. The van der Waals surface area contributed by atoms with Crippen molar-refractivity contribution in [3.8, 4) is 0 Å². The highest BCUT2D eigenvalue weighted by Gasteiger charge is 2.21. The van der Waals surface area contributed by atoms with E-state index in [4.69, 9.17) is 0 Å². The molecule has 0 saturated heterocycles. The zero-order chi connectivity index (χ0) is 21.3. The number of carbonyl (C=O) groups excluding carboxylic acids is 1. The summed E-state index contributed by atoms with van der Waals surface area (Å²) in [5, 5.41) is 21.0. The van der Waals surface area contributed by atoms with Gasteiger partial charge in [-0.05, 0) is 11.8 Å². The van der Waals surface area contributed by atoms with E-state index in [0.717, 1.165) is 15.6 Å². The molecule has 0 saturated carbocycles. The number of carbonyl (C=O) groups is 1. The summed E-state index contributed by atoms with van der Waals surface area (Å²) in [4.78, 5) is 22.3. The fraction of sp³-hybridized carbons (Fsp3) is 0.188. The van der Waals surface area contributed by atoms with Gasteiger partial charge in [-0.3, -0.25) is 9.48 Å². The van der Waals surface area contributed by atoms with Gasteiger partial charge in [0.15, 0.2) is 24.0 Å². The molecule has 9 nitrogen and oxygen atoms in total. The van der Waals surface area contributed by atoms with Crippen LogP contribution in [-0.2, 0) is 17.9 Å². The Morgan fingerprint density at radius 3 is 2.62 bits per heavy atom.